The number of carbonyl (C=O) groups is 1. The molecule has 0 spiro atoms. The Kier molecular flexibility index (Phi) is 5.20. The molecule has 0 radical (unpaired) electrons. The lowest BCUT2D eigenvalue weighted by atomic mass is 10.0. The van der Waals surface area contributed by atoms with Gasteiger partial charge < -0.3 is 19.9 Å². The van der Waals surface area contributed by atoms with Gasteiger partial charge in [0.25, 0.3) is 11.5 Å². The molecule has 1 saturated heterocycles. The molecular formula is C22H22ClN3O3. The van der Waals surface area contributed by atoms with E-state index in [0.29, 0.717) is 23.8 Å². The summed E-state index contributed by atoms with van der Waals surface area (Å²) in [5, 5.41) is 1.52. The van der Waals surface area contributed by atoms with Crippen molar-refractivity contribution in [1.29, 1.82) is 0 Å². The Morgan fingerprint density at radius 1 is 1.10 bits per heavy atom. The lowest BCUT2D eigenvalue weighted by molar-refractivity contribution is 0.0999. The third-order valence-corrected chi connectivity index (χ3v) is 5.65. The van der Waals surface area contributed by atoms with Crippen LogP contribution in [-0.4, -0.2) is 29.7 Å². The molecule has 2 N–H and O–H groups in total. The van der Waals surface area contributed by atoms with Gasteiger partial charge >= 0.3 is 0 Å². The number of aryl methyl sites for hydroxylation is 1. The number of nitrogens with zero attached hydrogens (tertiary/aromatic N) is 2. The Morgan fingerprint density at radius 3 is 2.41 bits per heavy atom. The van der Waals surface area contributed by atoms with E-state index in [1.807, 2.05) is 36.4 Å². The molecule has 29 heavy (non-hydrogen) atoms. The third-order valence-electron chi connectivity index (χ3n) is 5.40. The summed E-state index contributed by atoms with van der Waals surface area (Å²) >= 11 is 5.93. The van der Waals surface area contributed by atoms with Crippen molar-refractivity contribution in [3.05, 3.63) is 69.5 Å². The summed E-state index contributed by atoms with van der Waals surface area (Å²) in [6.45, 7) is 1.32. The van der Waals surface area contributed by atoms with Crippen LogP contribution in [0.2, 0.25) is 5.02 Å². The molecule has 1 amide bonds. The number of hydrogen-bond acceptors (Lipinski definition) is 4. The molecule has 1 aliphatic heterocycles. The second-order valence-electron chi connectivity index (χ2n) is 7.23. The van der Waals surface area contributed by atoms with Crippen molar-refractivity contribution in [2.75, 3.05) is 18.0 Å². The number of halogens is 1. The lowest BCUT2D eigenvalue weighted by Crippen LogP contribution is -2.41. The van der Waals surface area contributed by atoms with E-state index >= 15 is 0 Å². The predicted molar refractivity (Wildman–Crippen MR) is 115 cm³/mol. The second-order valence-corrected chi connectivity index (χ2v) is 7.66. The summed E-state index contributed by atoms with van der Waals surface area (Å²) in [6.07, 6.45) is 1.59. The Labute approximate surface area is 173 Å². The number of aromatic nitrogens is 1. The van der Waals surface area contributed by atoms with Gasteiger partial charge in [0.05, 0.1) is 11.2 Å². The number of ether oxygens (including phenoxy) is 1. The van der Waals surface area contributed by atoms with Gasteiger partial charge in [-0.1, -0.05) is 29.8 Å². The van der Waals surface area contributed by atoms with Crippen molar-refractivity contribution in [2.45, 2.75) is 18.9 Å². The number of fused-ring (bicyclic) bond motifs is 1. The molecule has 7 heteroatoms. The molecule has 1 aromatic heterocycles. The molecule has 0 bridgehead atoms. The monoisotopic (exact) mass is 411 g/mol. The van der Waals surface area contributed by atoms with Crippen LogP contribution < -0.4 is 20.9 Å². The maximum atomic E-state index is 12.8. The van der Waals surface area contributed by atoms with Crippen molar-refractivity contribution in [1.82, 2.24) is 4.57 Å². The van der Waals surface area contributed by atoms with E-state index < -0.39 is 5.91 Å². The molecule has 3 aromatic rings. The number of para-hydroxylation sites is 1. The fourth-order valence-electron chi connectivity index (χ4n) is 3.93. The number of benzene rings is 2. The minimum absolute atomic E-state index is 0.0447. The van der Waals surface area contributed by atoms with Gasteiger partial charge in [0.15, 0.2) is 0 Å². The zero-order valence-electron chi connectivity index (χ0n) is 16.1. The van der Waals surface area contributed by atoms with Crippen molar-refractivity contribution < 1.29 is 9.53 Å². The highest BCUT2D eigenvalue weighted by Gasteiger charge is 2.27. The Morgan fingerprint density at radius 2 is 1.76 bits per heavy atom. The molecule has 0 aliphatic carbocycles. The van der Waals surface area contributed by atoms with Gasteiger partial charge in [-0.25, -0.2) is 0 Å². The number of nitrogens with two attached hydrogens (primary N) is 1. The van der Waals surface area contributed by atoms with E-state index in [2.05, 4.69) is 4.90 Å². The minimum atomic E-state index is -0.703. The summed E-state index contributed by atoms with van der Waals surface area (Å²) in [5.41, 5.74) is 6.69. The van der Waals surface area contributed by atoms with Gasteiger partial charge in [-0.2, -0.15) is 0 Å². The Bertz CT molecular complexity index is 1120. The predicted octanol–water partition coefficient (Wildman–Crippen LogP) is 3.34. The quantitative estimate of drug-likeness (QED) is 0.714. The van der Waals surface area contributed by atoms with Crippen LogP contribution in [0.4, 0.5) is 5.69 Å². The fraction of sp³-hybridized carbons (Fsp3) is 0.273. The number of piperidine rings is 1. The molecule has 0 unspecified atom stereocenters. The topological polar surface area (TPSA) is 77.6 Å². The number of hydrogen-bond donors (Lipinski definition) is 1. The number of amides is 1. The summed E-state index contributed by atoms with van der Waals surface area (Å²) < 4.78 is 7.54. The molecule has 4 rings (SSSR count). The van der Waals surface area contributed by atoms with Crippen LogP contribution in [-0.2, 0) is 7.05 Å². The van der Waals surface area contributed by atoms with E-state index in [0.717, 1.165) is 29.5 Å². The van der Waals surface area contributed by atoms with Crippen molar-refractivity contribution in [3.63, 3.8) is 0 Å². The molecule has 150 valence electrons. The molecule has 0 atom stereocenters. The highest BCUT2D eigenvalue weighted by Crippen LogP contribution is 2.31. The zero-order chi connectivity index (χ0) is 20.5. The molecule has 6 nitrogen and oxygen atoms in total. The van der Waals surface area contributed by atoms with Gasteiger partial charge in [-0.05, 0) is 30.3 Å². The molecular weight excluding hydrogens is 390 g/mol. The van der Waals surface area contributed by atoms with E-state index in [1.165, 1.54) is 4.57 Å². The van der Waals surface area contributed by atoms with E-state index in [1.54, 1.807) is 19.2 Å². The second kappa shape index (κ2) is 7.79. The molecule has 1 aliphatic rings. The fourth-order valence-corrected chi connectivity index (χ4v) is 4.06. The number of rotatable bonds is 4. The summed E-state index contributed by atoms with van der Waals surface area (Å²) in [7, 11) is 1.66. The SMILES string of the molecule is Cn1c(=O)c(C(N)=O)c(N2CCC(Oc3ccc(Cl)cc3)CC2)c2ccccc21. The Balaban J connectivity index is 1.63. The van der Waals surface area contributed by atoms with E-state index in [9.17, 15) is 9.59 Å². The van der Waals surface area contributed by atoms with Gasteiger partial charge in [-0.15, -0.1) is 0 Å². The van der Waals surface area contributed by atoms with E-state index in [-0.39, 0.29) is 17.2 Å². The first kappa shape index (κ1) is 19.3. The minimum Gasteiger partial charge on any atom is -0.490 e. The first-order chi connectivity index (χ1) is 14.0. The van der Waals surface area contributed by atoms with Gasteiger partial charge in [0.2, 0.25) is 0 Å². The Hall–Kier alpha value is -2.99. The van der Waals surface area contributed by atoms with Crippen molar-refractivity contribution in [3.8, 4) is 5.75 Å². The van der Waals surface area contributed by atoms with Gasteiger partial charge in [-0.3, -0.25) is 9.59 Å². The van der Waals surface area contributed by atoms with Crippen molar-refractivity contribution >= 4 is 34.1 Å². The first-order valence-corrected chi connectivity index (χ1v) is 9.92. The molecule has 2 aromatic carbocycles. The molecule has 0 saturated carbocycles. The smallest absolute Gasteiger partial charge is 0.265 e. The summed E-state index contributed by atoms with van der Waals surface area (Å²) in [4.78, 5) is 27.1. The van der Waals surface area contributed by atoms with Crippen LogP contribution in [0.3, 0.4) is 0 Å². The maximum absolute atomic E-state index is 12.8. The van der Waals surface area contributed by atoms with Crippen molar-refractivity contribution in [2.24, 2.45) is 12.8 Å². The van der Waals surface area contributed by atoms with Crippen LogP contribution in [0.15, 0.2) is 53.3 Å². The zero-order valence-corrected chi connectivity index (χ0v) is 16.9. The van der Waals surface area contributed by atoms with E-state index in [4.69, 9.17) is 22.1 Å². The number of primary amides is 1. The number of anilines is 1. The van der Waals surface area contributed by atoms with Gasteiger partial charge in [0.1, 0.15) is 17.4 Å². The standard InChI is InChI=1S/C22H22ClN3O3/c1-25-18-5-3-2-4-17(18)20(19(21(24)27)22(25)28)26-12-10-16(11-13-26)29-15-8-6-14(23)7-9-15/h2-9,16H,10-13H2,1H3,(H2,24,27). The van der Waals surface area contributed by atoms with Gasteiger partial charge in [0, 0.05) is 43.4 Å². The lowest BCUT2D eigenvalue weighted by Gasteiger charge is -2.35. The van der Waals surface area contributed by atoms with Crippen LogP contribution >= 0.6 is 11.6 Å². The highest BCUT2D eigenvalue weighted by atomic mass is 35.5. The molecule has 2 heterocycles. The number of carbonyl (C=O) groups excluding carboxylic acids is 1. The van der Waals surface area contributed by atoms with Crippen LogP contribution in [0.25, 0.3) is 10.9 Å². The average Bonchev–Trinajstić information content (AvgIpc) is 2.72. The molecule has 1 fully saturated rings. The maximum Gasteiger partial charge on any atom is 0.265 e. The summed E-state index contributed by atoms with van der Waals surface area (Å²) in [5.74, 6) is 0.0793. The average molecular weight is 412 g/mol. The van der Waals surface area contributed by atoms with Crippen LogP contribution in [0.1, 0.15) is 23.2 Å². The van der Waals surface area contributed by atoms with Crippen LogP contribution in [0.5, 0.6) is 5.75 Å². The number of pyridine rings is 1. The third kappa shape index (κ3) is 3.68. The largest absolute Gasteiger partial charge is 0.490 e. The summed E-state index contributed by atoms with van der Waals surface area (Å²) in [6, 6.07) is 14.9. The van der Waals surface area contributed by atoms with Crippen LogP contribution in [0, 0.1) is 0 Å². The highest BCUT2D eigenvalue weighted by molar-refractivity contribution is 6.30. The normalized spacial score (nSPS) is 14.9. The first-order valence-electron chi connectivity index (χ1n) is 9.54.